The zero-order valence-corrected chi connectivity index (χ0v) is 13.2. The molecule has 2 heterocycles. The topological polar surface area (TPSA) is 102 Å². The van der Waals surface area contributed by atoms with E-state index in [2.05, 4.69) is 39.3 Å². The van der Waals surface area contributed by atoms with Gasteiger partial charge >= 0.3 is 0 Å². The number of methoxy groups -OCH3 is 1. The van der Waals surface area contributed by atoms with Gasteiger partial charge in [0.25, 0.3) is 0 Å². The number of nitrogen functional groups attached to an aromatic ring is 1. The summed E-state index contributed by atoms with van der Waals surface area (Å²) in [7, 11) is 1.61. The number of aryl methyl sites for hydroxylation is 2. The van der Waals surface area contributed by atoms with Crippen molar-refractivity contribution in [3.8, 4) is 17.0 Å². The van der Waals surface area contributed by atoms with Gasteiger partial charge in [-0.2, -0.15) is 4.98 Å². The molecule has 4 N–H and O–H groups in total. The Kier molecular flexibility index (Phi) is 3.84. The summed E-state index contributed by atoms with van der Waals surface area (Å²) in [4.78, 5) is 8.31. The van der Waals surface area contributed by atoms with Crippen LogP contribution in [0.1, 0.15) is 11.1 Å². The van der Waals surface area contributed by atoms with Gasteiger partial charge in [0.05, 0.1) is 7.11 Å². The normalized spacial score (nSPS) is 10.6. The lowest BCUT2D eigenvalue weighted by atomic mass is 9.96. The zero-order valence-electron chi connectivity index (χ0n) is 13.2. The summed E-state index contributed by atoms with van der Waals surface area (Å²) in [6.07, 6.45) is 1.82. The Morgan fingerprint density at radius 2 is 1.91 bits per heavy atom. The van der Waals surface area contributed by atoms with Crippen LogP contribution in [0.5, 0.6) is 5.88 Å². The highest BCUT2D eigenvalue weighted by atomic mass is 16.5. The molecule has 0 unspecified atom stereocenters. The van der Waals surface area contributed by atoms with Crippen molar-refractivity contribution in [1.82, 2.24) is 20.2 Å². The van der Waals surface area contributed by atoms with Crippen molar-refractivity contribution in [1.29, 1.82) is 0 Å². The van der Waals surface area contributed by atoms with Gasteiger partial charge < -0.3 is 15.8 Å². The maximum absolute atomic E-state index is 5.53. The number of aromatic amines is 1. The average molecular weight is 310 g/mol. The Labute approximate surface area is 133 Å². The van der Waals surface area contributed by atoms with Crippen LogP contribution in [-0.4, -0.2) is 27.3 Å². The van der Waals surface area contributed by atoms with E-state index < -0.39 is 0 Å². The molecule has 0 saturated heterocycles. The van der Waals surface area contributed by atoms with Crippen molar-refractivity contribution >= 4 is 17.6 Å². The van der Waals surface area contributed by atoms with Crippen LogP contribution in [0.4, 0.5) is 17.6 Å². The predicted octanol–water partition coefficient (Wildman–Crippen LogP) is 2.82. The van der Waals surface area contributed by atoms with E-state index in [1.54, 1.807) is 7.11 Å². The second-order valence-corrected chi connectivity index (χ2v) is 5.24. The van der Waals surface area contributed by atoms with Gasteiger partial charge in [-0.25, -0.2) is 10.1 Å². The molecule has 7 nitrogen and oxygen atoms in total. The fourth-order valence-corrected chi connectivity index (χ4v) is 2.60. The van der Waals surface area contributed by atoms with Crippen molar-refractivity contribution in [2.24, 2.45) is 0 Å². The summed E-state index contributed by atoms with van der Waals surface area (Å²) in [5, 5.41) is 9.71. The maximum atomic E-state index is 5.53. The van der Waals surface area contributed by atoms with Crippen LogP contribution in [0.2, 0.25) is 0 Å². The number of H-pyrrole nitrogens is 1. The standard InChI is InChI=1S/C16H18N6O/c1-9-6-12(19-16-20-15(17)21-22-16)7-10(2)14(9)11-4-5-13(23-3)18-8-11/h4-8H,1-3H3,(H4,17,19,20,21,22). The van der Waals surface area contributed by atoms with Crippen LogP contribution < -0.4 is 15.8 Å². The number of rotatable bonds is 4. The lowest BCUT2D eigenvalue weighted by Crippen LogP contribution is -1.97. The quantitative estimate of drug-likeness (QED) is 0.685. The lowest BCUT2D eigenvalue weighted by molar-refractivity contribution is 0.398. The first kappa shape index (κ1) is 14.8. The molecule has 0 radical (unpaired) electrons. The van der Waals surface area contributed by atoms with E-state index in [4.69, 9.17) is 10.5 Å². The summed E-state index contributed by atoms with van der Waals surface area (Å²) in [6, 6.07) is 7.94. The number of nitrogens with two attached hydrogens (primary N) is 1. The van der Waals surface area contributed by atoms with Crippen molar-refractivity contribution < 1.29 is 4.74 Å². The largest absolute Gasteiger partial charge is 0.481 e. The van der Waals surface area contributed by atoms with Gasteiger partial charge in [-0.05, 0) is 48.7 Å². The molecule has 0 aliphatic rings. The molecule has 2 aromatic heterocycles. The molecule has 7 heteroatoms. The molecular weight excluding hydrogens is 292 g/mol. The minimum absolute atomic E-state index is 0.280. The van der Waals surface area contributed by atoms with Crippen LogP contribution >= 0.6 is 0 Å². The monoisotopic (exact) mass is 310 g/mol. The van der Waals surface area contributed by atoms with Gasteiger partial charge in [0, 0.05) is 23.5 Å². The van der Waals surface area contributed by atoms with Crippen LogP contribution in [0.15, 0.2) is 30.5 Å². The average Bonchev–Trinajstić information content (AvgIpc) is 2.92. The second kappa shape index (κ2) is 5.96. The van der Waals surface area contributed by atoms with E-state index in [0.29, 0.717) is 11.8 Å². The van der Waals surface area contributed by atoms with Gasteiger partial charge in [-0.3, -0.25) is 0 Å². The molecule has 0 bridgehead atoms. The molecule has 3 rings (SSSR count). The van der Waals surface area contributed by atoms with Gasteiger partial charge in [-0.1, -0.05) is 0 Å². The minimum Gasteiger partial charge on any atom is -0.481 e. The highest BCUT2D eigenvalue weighted by molar-refractivity contribution is 5.74. The molecule has 0 saturated carbocycles. The number of pyridine rings is 1. The summed E-state index contributed by atoms with van der Waals surface area (Å²) < 4.78 is 5.10. The molecule has 0 fully saturated rings. The maximum Gasteiger partial charge on any atom is 0.248 e. The summed E-state index contributed by atoms with van der Waals surface area (Å²) in [5.41, 5.74) is 10.9. The first-order valence-electron chi connectivity index (χ1n) is 7.13. The third-order valence-corrected chi connectivity index (χ3v) is 3.53. The number of nitrogens with one attached hydrogen (secondary N) is 2. The fraction of sp³-hybridized carbons (Fsp3) is 0.188. The van der Waals surface area contributed by atoms with Crippen molar-refractivity contribution in [3.05, 3.63) is 41.6 Å². The summed E-state index contributed by atoms with van der Waals surface area (Å²) in [5.74, 6) is 1.33. The zero-order chi connectivity index (χ0) is 16.4. The van der Waals surface area contributed by atoms with Gasteiger partial charge in [0.1, 0.15) is 0 Å². The number of ether oxygens (including phenoxy) is 1. The van der Waals surface area contributed by atoms with E-state index in [0.717, 1.165) is 27.9 Å². The number of nitrogens with zero attached hydrogens (tertiary/aromatic N) is 3. The van der Waals surface area contributed by atoms with Crippen LogP contribution in [0, 0.1) is 13.8 Å². The van der Waals surface area contributed by atoms with E-state index in [-0.39, 0.29) is 5.95 Å². The molecule has 3 aromatic rings. The molecule has 118 valence electrons. The van der Waals surface area contributed by atoms with E-state index in [1.165, 1.54) is 0 Å². The van der Waals surface area contributed by atoms with Gasteiger partial charge in [0.15, 0.2) is 0 Å². The Morgan fingerprint density at radius 1 is 1.17 bits per heavy atom. The third kappa shape index (κ3) is 3.08. The fourth-order valence-electron chi connectivity index (χ4n) is 2.60. The third-order valence-electron chi connectivity index (χ3n) is 3.53. The van der Waals surface area contributed by atoms with Crippen LogP contribution in [-0.2, 0) is 0 Å². The molecule has 0 aliphatic heterocycles. The number of aromatic nitrogens is 4. The molecule has 0 atom stereocenters. The summed E-state index contributed by atoms with van der Waals surface area (Å²) >= 11 is 0. The Bertz CT molecular complexity index is 802. The molecule has 0 spiro atoms. The Morgan fingerprint density at radius 3 is 2.43 bits per heavy atom. The van der Waals surface area contributed by atoms with Crippen molar-refractivity contribution in [3.63, 3.8) is 0 Å². The number of hydrogen-bond donors (Lipinski definition) is 3. The highest BCUT2D eigenvalue weighted by Gasteiger charge is 2.10. The van der Waals surface area contributed by atoms with E-state index >= 15 is 0 Å². The smallest absolute Gasteiger partial charge is 0.248 e. The van der Waals surface area contributed by atoms with Crippen molar-refractivity contribution in [2.75, 3.05) is 18.2 Å². The van der Waals surface area contributed by atoms with Gasteiger partial charge in [0.2, 0.25) is 17.8 Å². The van der Waals surface area contributed by atoms with Crippen molar-refractivity contribution in [2.45, 2.75) is 13.8 Å². The Balaban J connectivity index is 1.93. The summed E-state index contributed by atoms with van der Waals surface area (Å²) in [6.45, 7) is 4.12. The predicted molar refractivity (Wildman–Crippen MR) is 89.8 cm³/mol. The second-order valence-electron chi connectivity index (χ2n) is 5.24. The van der Waals surface area contributed by atoms with E-state index in [9.17, 15) is 0 Å². The molecule has 23 heavy (non-hydrogen) atoms. The molecule has 0 amide bonds. The number of hydrogen-bond acceptors (Lipinski definition) is 6. The highest BCUT2D eigenvalue weighted by Crippen LogP contribution is 2.31. The van der Waals surface area contributed by atoms with Crippen LogP contribution in [0.25, 0.3) is 11.1 Å². The lowest BCUT2D eigenvalue weighted by Gasteiger charge is -2.13. The minimum atomic E-state index is 0.280. The molecular formula is C16H18N6O. The van der Waals surface area contributed by atoms with Gasteiger partial charge in [-0.15, -0.1) is 5.10 Å². The first-order chi connectivity index (χ1) is 11.1. The number of benzene rings is 1. The van der Waals surface area contributed by atoms with Crippen LogP contribution in [0.3, 0.4) is 0 Å². The first-order valence-corrected chi connectivity index (χ1v) is 7.13. The van der Waals surface area contributed by atoms with E-state index in [1.807, 2.05) is 30.5 Å². The Hall–Kier alpha value is -3.09. The molecule has 1 aromatic carbocycles. The molecule has 0 aliphatic carbocycles. The number of anilines is 3. The SMILES string of the molecule is COc1ccc(-c2c(C)cc(Nc3n[nH]c(N)n3)cc2C)cn1.